The van der Waals surface area contributed by atoms with E-state index in [0.29, 0.717) is 6.04 Å². The highest BCUT2D eigenvalue weighted by Gasteiger charge is 2.29. The van der Waals surface area contributed by atoms with E-state index in [4.69, 9.17) is 0 Å². The first kappa shape index (κ1) is 8.52. The summed E-state index contributed by atoms with van der Waals surface area (Å²) in [6, 6.07) is 0.402. The fraction of sp³-hybridized carbons (Fsp3) is 1.00. The largest absolute Gasteiger partial charge is 0.391 e. The third-order valence-electron chi connectivity index (χ3n) is 3.08. The summed E-state index contributed by atoms with van der Waals surface area (Å²) in [5.41, 5.74) is 0. The Morgan fingerprint density at radius 3 is 2.67 bits per heavy atom. The molecule has 1 saturated carbocycles. The van der Waals surface area contributed by atoms with E-state index in [9.17, 15) is 5.11 Å². The van der Waals surface area contributed by atoms with Crippen LogP contribution in [-0.2, 0) is 0 Å². The van der Waals surface area contributed by atoms with Crippen LogP contribution in [0.1, 0.15) is 38.5 Å². The highest BCUT2D eigenvalue weighted by molar-refractivity contribution is 4.84. The first-order valence-electron chi connectivity index (χ1n) is 5.28. The van der Waals surface area contributed by atoms with E-state index in [1.54, 1.807) is 0 Å². The molecular weight excluding hydrogens is 150 g/mol. The summed E-state index contributed by atoms with van der Waals surface area (Å²) < 4.78 is 0. The minimum absolute atomic E-state index is 0.0715. The minimum Gasteiger partial charge on any atom is -0.391 e. The molecule has 70 valence electrons. The van der Waals surface area contributed by atoms with Gasteiger partial charge in [-0.2, -0.15) is 0 Å². The summed E-state index contributed by atoms with van der Waals surface area (Å²) in [7, 11) is 0. The molecule has 1 aliphatic heterocycles. The first-order chi connectivity index (χ1) is 5.86. The quantitative estimate of drug-likeness (QED) is 0.667. The Kier molecular flexibility index (Phi) is 2.66. The molecule has 0 radical (unpaired) electrons. The molecule has 0 aromatic rings. The molecule has 0 bridgehead atoms. The Hall–Kier alpha value is -0.0800. The highest BCUT2D eigenvalue weighted by atomic mass is 16.3. The number of aliphatic hydroxyl groups excluding tert-OH is 1. The number of nitrogens with one attached hydrogen (secondary N) is 1. The third kappa shape index (κ3) is 2.20. The Labute approximate surface area is 74.4 Å². The fourth-order valence-corrected chi connectivity index (χ4v) is 2.07. The van der Waals surface area contributed by atoms with Crippen molar-refractivity contribution in [2.45, 2.75) is 50.7 Å². The summed E-state index contributed by atoms with van der Waals surface area (Å²) in [4.78, 5) is 0. The maximum absolute atomic E-state index is 9.82. The molecular formula is C10H19NO. The molecule has 0 amide bonds. The lowest BCUT2D eigenvalue weighted by Gasteiger charge is -2.27. The van der Waals surface area contributed by atoms with Gasteiger partial charge in [0.05, 0.1) is 6.10 Å². The van der Waals surface area contributed by atoms with Gasteiger partial charge in [0, 0.05) is 6.04 Å². The van der Waals surface area contributed by atoms with Crippen LogP contribution in [0.2, 0.25) is 0 Å². The van der Waals surface area contributed by atoms with Crippen molar-refractivity contribution in [3.05, 3.63) is 0 Å². The van der Waals surface area contributed by atoms with Crippen LogP contribution in [0.15, 0.2) is 0 Å². The van der Waals surface area contributed by atoms with Crippen LogP contribution in [-0.4, -0.2) is 23.8 Å². The summed E-state index contributed by atoms with van der Waals surface area (Å²) in [6.07, 6.45) is 7.42. The average Bonchev–Trinajstić information content (AvgIpc) is 2.90. The van der Waals surface area contributed by atoms with Crippen molar-refractivity contribution in [2.75, 3.05) is 6.54 Å². The van der Waals surface area contributed by atoms with Crippen LogP contribution in [0.5, 0.6) is 0 Å². The lowest BCUT2D eigenvalue weighted by atomic mass is 9.96. The number of aliphatic hydroxyl groups is 1. The van der Waals surface area contributed by atoms with Crippen molar-refractivity contribution < 1.29 is 5.11 Å². The Morgan fingerprint density at radius 1 is 1.25 bits per heavy atom. The van der Waals surface area contributed by atoms with Gasteiger partial charge in [0.25, 0.3) is 0 Å². The first-order valence-corrected chi connectivity index (χ1v) is 5.28. The minimum atomic E-state index is -0.0715. The van der Waals surface area contributed by atoms with E-state index in [1.165, 1.54) is 32.1 Å². The van der Waals surface area contributed by atoms with Gasteiger partial charge in [-0.15, -0.1) is 0 Å². The van der Waals surface area contributed by atoms with E-state index >= 15 is 0 Å². The van der Waals surface area contributed by atoms with Crippen molar-refractivity contribution in [1.29, 1.82) is 0 Å². The monoisotopic (exact) mass is 169 g/mol. The van der Waals surface area contributed by atoms with E-state index < -0.39 is 0 Å². The van der Waals surface area contributed by atoms with Gasteiger partial charge in [-0.05, 0) is 31.7 Å². The number of hydrogen-bond donors (Lipinski definition) is 2. The van der Waals surface area contributed by atoms with E-state index in [1.807, 2.05) is 0 Å². The van der Waals surface area contributed by atoms with Gasteiger partial charge in [0.2, 0.25) is 0 Å². The third-order valence-corrected chi connectivity index (χ3v) is 3.08. The van der Waals surface area contributed by atoms with Crippen molar-refractivity contribution in [1.82, 2.24) is 5.32 Å². The molecule has 2 heteroatoms. The molecule has 0 aromatic heterocycles. The number of piperidine rings is 1. The van der Waals surface area contributed by atoms with Gasteiger partial charge in [0.1, 0.15) is 0 Å². The maximum Gasteiger partial charge on any atom is 0.0695 e. The zero-order chi connectivity index (χ0) is 8.39. The van der Waals surface area contributed by atoms with Gasteiger partial charge in [-0.3, -0.25) is 0 Å². The van der Waals surface area contributed by atoms with Crippen LogP contribution in [0.25, 0.3) is 0 Å². The molecule has 0 unspecified atom stereocenters. The van der Waals surface area contributed by atoms with Crippen LogP contribution in [0, 0.1) is 5.92 Å². The molecule has 2 nitrogen and oxygen atoms in total. The second-order valence-corrected chi connectivity index (χ2v) is 4.30. The van der Waals surface area contributed by atoms with Crippen LogP contribution in [0.3, 0.4) is 0 Å². The van der Waals surface area contributed by atoms with Gasteiger partial charge in [-0.25, -0.2) is 0 Å². The summed E-state index contributed by atoms with van der Waals surface area (Å²) in [5, 5.41) is 13.2. The predicted molar refractivity (Wildman–Crippen MR) is 49.0 cm³/mol. The Morgan fingerprint density at radius 2 is 2.08 bits per heavy atom. The SMILES string of the molecule is O[C@@H](CC1CC1)[C@@H]1CCCCN1. The van der Waals surface area contributed by atoms with E-state index in [-0.39, 0.29) is 6.10 Å². The topological polar surface area (TPSA) is 32.3 Å². The van der Waals surface area contributed by atoms with Gasteiger partial charge in [0.15, 0.2) is 0 Å². The molecule has 1 aliphatic carbocycles. The second-order valence-electron chi connectivity index (χ2n) is 4.30. The normalized spacial score (nSPS) is 33.2. The van der Waals surface area contributed by atoms with Gasteiger partial charge in [-0.1, -0.05) is 19.3 Å². The molecule has 2 aliphatic rings. The number of hydrogen-bond acceptors (Lipinski definition) is 2. The molecule has 0 spiro atoms. The second kappa shape index (κ2) is 3.75. The molecule has 2 N–H and O–H groups in total. The molecule has 1 heterocycles. The van der Waals surface area contributed by atoms with Crippen LogP contribution >= 0.6 is 0 Å². The van der Waals surface area contributed by atoms with Gasteiger partial charge < -0.3 is 10.4 Å². The van der Waals surface area contributed by atoms with E-state index in [0.717, 1.165) is 18.9 Å². The zero-order valence-corrected chi connectivity index (χ0v) is 7.63. The highest BCUT2D eigenvalue weighted by Crippen LogP contribution is 2.34. The molecule has 1 saturated heterocycles. The lowest BCUT2D eigenvalue weighted by molar-refractivity contribution is 0.0993. The standard InChI is InChI=1S/C10H19NO/c12-10(7-8-4-5-8)9-3-1-2-6-11-9/h8-12H,1-7H2/t9-,10-/m0/s1. The summed E-state index contributed by atoms with van der Waals surface area (Å²) >= 11 is 0. The Bertz CT molecular complexity index is 139. The van der Waals surface area contributed by atoms with Crippen LogP contribution < -0.4 is 5.32 Å². The molecule has 2 rings (SSSR count). The maximum atomic E-state index is 9.82. The van der Waals surface area contributed by atoms with Crippen molar-refractivity contribution in [3.63, 3.8) is 0 Å². The summed E-state index contributed by atoms with van der Waals surface area (Å²) in [6.45, 7) is 1.10. The molecule has 0 aromatic carbocycles. The zero-order valence-electron chi connectivity index (χ0n) is 7.63. The molecule has 2 fully saturated rings. The Balaban J connectivity index is 1.72. The van der Waals surface area contributed by atoms with E-state index in [2.05, 4.69) is 5.32 Å². The van der Waals surface area contributed by atoms with Gasteiger partial charge >= 0.3 is 0 Å². The summed E-state index contributed by atoms with van der Waals surface area (Å²) in [5.74, 6) is 0.851. The lowest BCUT2D eigenvalue weighted by Crippen LogP contribution is -2.43. The fourth-order valence-electron chi connectivity index (χ4n) is 2.07. The predicted octanol–water partition coefficient (Wildman–Crippen LogP) is 1.29. The van der Waals surface area contributed by atoms with Crippen molar-refractivity contribution >= 4 is 0 Å². The van der Waals surface area contributed by atoms with Crippen molar-refractivity contribution in [3.8, 4) is 0 Å². The average molecular weight is 169 g/mol. The van der Waals surface area contributed by atoms with Crippen molar-refractivity contribution in [2.24, 2.45) is 5.92 Å². The molecule has 2 atom stereocenters. The van der Waals surface area contributed by atoms with Crippen LogP contribution in [0.4, 0.5) is 0 Å². The number of rotatable bonds is 3. The smallest absolute Gasteiger partial charge is 0.0695 e. The molecule has 12 heavy (non-hydrogen) atoms.